The van der Waals surface area contributed by atoms with Crippen molar-refractivity contribution in [3.8, 4) is 17.5 Å². The smallest absolute Gasteiger partial charge is 0.357 e. The van der Waals surface area contributed by atoms with Gasteiger partial charge in [0, 0.05) is 11.6 Å². The molecule has 0 saturated heterocycles. The summed E-state index contributed by atoms with van der Waals surface area (Å²) in [4.78, 5) is 11.9. The minimum absolute atomic E-state index is 0.00143. The summed E-state index contributed by atoms with van der Waals surface area (Å²) in [6, 6.07) is 5.00. The highest BCUT2D eigenvalue weighted by Crippen LogP contribution is 2.32. The van der Waals surface area contributed by atoms with E-state index in [9.17, 15) is 9.90 Å². The van der Waals surface area contributed by atoms with Gasteiger partial charge in [-0.25, -0.2) is 4.79 Å². The van der Waals surface area contributed by atoms with Crippen molar-refractivity contribution < 1.29 is 14.6 Å². The molecule has 0 fully saturated rings. The Hall–Kier alpha value is -3.47. The zero-order chi connectivity index (χ0) is 15.9. The molecule has 0 aliphatic heterocycles. The molecular weight excluding hydrogens is 286 g/mol. The highest BCUT2D eigenvalue weighted by Gasteiger charge is 2.23. The second kappa shape index (κ2) is 4.82. The minimum atomic E-state index is -0.705. The molecule has 0 atom stereocenters. The van der Waals surface area contributed by atoms with Crippen LogP contribution >= 0.6 is 0 Å². The lowest BCUT2D eigenvalue weighted by molar-refractivity contribution is 0.0593. The van der Waals surface area contributed by atoms with Gasteiger partial charge in [-0.15, -0.1) is 0 Å². The van der Waals surface area contributed by atoms with Crippen LogP contribution in [0, 0.1) is 11.3 Å². The van der Waals surface area contributed by atoms with Crippen LogP contribution in [-0.4, -0.2) is 33.0 Å². The number of anilines is 1. The van der Waals surface area contributed by atoms with Crippen LogP contribution in [-0.2, 0) is 4.74 Å². The van der Waals surface area contributed by atoms with E-state index in [4.69, 9.17) is 15.7 Å². The van der Waals surface area contributed by atoms with Crippen LogP contribution < -0.4 is 5.73 Å². The number of phenols is 1. The van der Waals surface area contributed by atoms with Crippen LogP contribution in [0.15, 0.2) is 24.5 Å². The van der Waals surface area contributed by atoms with Crippen molar-refractivity contribution in [3.63, 3.8) is 0 Å². The number of rotatable bonds is 2. The number of fused-ring (bicyclic) bond motifs is 1. The van der Waals surface area contributed by atoms with Crippen molar-refractivity contribution in [2.75, 3.05) is 12.8 Å². The molecule has 0 saturated carbocycles. The third-order valence-corrected chi connectivity index (χ3v) is 3.34. The Morgan fingerprint density at radius 3 is 3.00 bits per heavy atom. The number of benzene rings is 1. The zero-order valence-electron chi connectivity index (χ0n) is 11.5. The van der Waals surface area contributed by atoms with Gasteiger partial charge in [-0.2, -0.15) is 10.4 Å². The highest BCUT2D eigenvalue weighted by molar-refractivity contribution is 5.96. The van der Waals surface area contributed by atoms with Crippen molar-refractivity contribution in [3.05, 3.63) is 35.8 Å². The molecule has 4 N–H and O–H groups in total. The number of phenolic OH excluding ortho intramolecular Hbond substituents is 1. The number of nitrogens with zero attached hydrogens (tertiary/aromatic N) is 3. The number of hydrogen-bond acceptors (Lipinski definition) is 6. The quantitative estimate of drug-likeness (QED) is 0.611. The third kappa shape index (κ3) is 1.84. The molecule has 8 heteroatoms. The molecular formula is C14H11N5O3. The molecule has 0 spiro atoms. The number of aromatic amines is 1. The molecule has 0 aliphatic carbocycles. The fourth-order valence-corrected chi connectivity index (χ4v) is 2.27. The number of carbonyl (C=O) groups is 1. The van der Waals surface area contributed by atoms with Gasteiger partial charge >= 0.3 is 5.97 Å². The van der Waals surface area contributed by atoms with Crippen LogP contribution in [0.4, 0.5) is 5.69 Å². The first-order valence-corrected chi connectivity index (χ1v) is 6.22. The number of esters is 1. The lowest BCUT2D eigenvalue weighted by Gasteiger charge is -2.10. The van der Waals surface area contributed by atoms with Gasteiger partial charge in [-0.3, -0.25) is 5.10 Å². The summed E-state index contributed by atoms with van der Waals surface area (Å²) in [5, 5.41) is 26.6. The summed E-state index contributed by atoms with van der Waals surface area (Å²) in [5.74, 6) is -0.790. The van der Waals surface area contributed by atoms with E-state index >= 15 is 0 Å². The Morgan fingerprint density at radius 1 is 1.55 bits per heavy atom. The van der Waals surface area contributed by atoms with E-state index in [1.165, 1.54) is 23.9 Å². The Morgan fingerprint density at radius 2 is 2.32 bits per heavy atom. The maximum atomic E-state index is 11.9. The average Bonchev–Trinajstić information content (AvgIpc) is 3.09. The zero-order valence-corrected chi connectivity index (χ0v) is 11.5. The highest BCUT2D eigenvalue weighted by atomic mass is 16.5. The standard InChI is InChI=1S/C14H11N5O3/c1-22-14(21)13-12(16)8(4-15)6-19(13)10-3-9-7(2-11(10)20)5-17-18-9/h2-3,5-6,20H,16H2,1H3,(H,17,18). The molecule has 3 aromatic rings. The second-order valence-corrected chi connectivity index (χ2v) is 4.58. The molecule has 0 unspecified atom stereocenters. The fourth-order valence-electron chi connectivity index (χ4n) is 2.27. The first-order valence-electron chi connectivity index (χ1n) is 6.22. The summed E-state index contributed by atoms with van der Waals surface area (Å²) in [7, 11) is 1.21. The van der Waals surface area contributed by atoms with E-state index in [0.29, 0.717) is 10.9 Å². The molecule has 110 valence electrons. The molecule has 8 nitrogen and oxygen atoms in total. The predicted molar refractivity (Wildman–Crippen MR) is 77.6 cm³/mol. The number of methoxy groups -OCH3 is 1. The number of nitrogens with one attached hydrogen (secondary N) is 1. The number of carbonyl (C=O) groups excluding carboxylic acids is 1. The van der Waals surface area contributed by atoms with Crippen molar-refractivity contribution in [2.45, 2.75) is 0 Å². The molecule has 1 aromatic carbocycles. The van der Waals surface area contributed by atoms with Crippen molar-refractivity contribution in [1.29, 1.82) is 5.26 Å². The maximum absolute atomic E-state index is 11.9. The molecule has 0 aliphatic rings. The van der Waals surface area contributed by atoms with Crippen LogP contribution in [0.25, 0.3) is 16.6 Å². The van der Waals surface area contributed by atoms with Gasteiger partial charge in [-0.1, -0.05) is 0 Å². The summed E-state index contributed by atoms with van der Waals surface area (Å²) >= 11 is 0. The Kier molecular flexibility index (Phi) is 2.96. The first-order chi connectivity index (χ1) is 10.6. The van der Waals surface area contributed by atoms with Crippen molar-refractivity contribution in [1.82, 2.24) is 14.8 Å². The monoisotopic (exact) mass is 297 g/mol. The topological polar surface area (TPSA) is 130 Å². The Bertz CT molecular complexity index is 932. The van der Waals surface area contributed by atoms with Crippen molar-refractivity contribution >= 4 is 22.6 Å². The predicted octanol–water partition coefficient (Wildman–Crippen LogP) is 1.30. The Labute approximate surface area is 124 Å². The number of aromatic nitrogens is 3. The van der Waals surface area contributed by atoms with E-state index < -0.39 is 5.97 Å². The van der Waals surface area contributed by atoms with Gasteiger partial charge in [0.15, 0.2) is 5.69 Å². The maximum Gasteiger partial charge on any atom is 0.357 e. The van der Waals surface area contributed by atoms with Gasteiger partial charge in [0.25, 0.3) is 0 Å². The van der Waals surface area contributed by atoms with Gasteiger partial charge < -0.3 is 20.1 Å². The number of H-pyrrole nitrogens is 1. The lowest BCUT2D eigenvalue weighted by Crippen LogP contribution is -2.11. The molecule has 0 radical (unpaired) electrons. The largest absolute Gasteiger partial charge is 0.506 e. The Balaban J connectivity index is 2.32. The molecule has 0 bridgehead atoms. The van der Waals surface area contributed by atoms with E-state index in [0.717, 1.165) is 0 Å². The second-order valence-electron chi connectivity index (χ2n) is 4.58. The van der Waals surface area contributed by atoms with Gasteiger partial charge in [0.2, 0.25) is 0 Å². The van der Waals surface area contributed by atoms with E-state index in [1.807, 2.05) is 6.07 Å². The SMILES string of the molecule is COC(=O)c1c(N)c(C#N)cn1-c1cc2[nH]ncc2cc1O. The van der Waals surface area contributed by atoms with Gasteiger partial charge in [-0.05, 0) is 12.1 Å². The summed E-state index contributed by atoms with van der Waals surface area (Å²) in [6.07, 6.45) is 2.93. The third-order valence-electron chi connectivity index (χ3n) is 3.34. The number of ether oxygens (including phenoxy) is 1. The molecule has 22 heavy (non-hydrogen) atoms. The number of nitrogen functional groups attached to an aromatic ring is 1. The van der Waals surface area contributed by atoms with E-state index in [1.54, 1.807) is 12.3 Å². The molecule has 0 amide bonds. The number of aromatic hydroxyl groups is 1. The van der Waals surface area contributed by atoms with Crippen LogP contribution in [0.5, 0.6) is 5.75 Å². The fraction of sp³-hybridized carbons (Fsp3) is 0.0714. The summed E-state index contributed by atoms with van der Waals surface area (Å²) < 4.78 is 6.03. The average molecular weight is 297 g/mol. The number of nitriles is 1. The van der Waals surface area contributed by atoms with Crippen LogP contribution in [0.1, 0.15) is 16.1 Å². The lowest BCUT2D eigenvalue weighted by atomic mass is 10.2. The minimum Gasteiger partial charge on any atom is -0.506 e. The first kappa shape index (κ1) is 13.5. The molecule has 2 aromatic heterocycles. The molecule has 2 heterocycles. The number of hydrogen-bond donors (Lipinski definition) is 3. The normalized spacial score (nSPS) is 10.5. The van der Waals surface area contributed by atoms with E-state index in [-0.39, 0.29) is 28.4 Å². The van der Waals surface area contributed by atoms with Crippen LogP contribution in [0.2, 0.25) is 0 Å². The van der Waals surface area contributed by atoms with Crippen molar-refractivity contribution in [2.24, 2.45) is 0 Å². The van der Waals surface area contributed by atoms with E-state index in [2.05, 4.69) is 10.2 Å². The van der Waals surface area contributed by atoms with Gasteiger partial charge in [0.1, 0.15) is 11.8 Å². The number of nitrogens with two attached hydrogens (primary N) is 1. The van der Waals surface area contributed by atoms with Gasteiger partial charge in [0.05, 0.1) is 35.8 Å². The van der Waals surface area contributed by atoms with Crippen LogP contribution in [0.3, 0.4) is 0 Å². The summed E-state index contributed by atoms with van der Waals surface area (Å²) in [6.45, 7) is 0. The molecule has 3 rings (SSSR count). The summed E-state index contributed by atoms with van der Waals surface area (Å²) in [5.41, 5.74) is 6.86.